The maximum atomic E-state index is 12.0. The van der Waals surface area contributed by atoms with Crippen LogP contribution >= 0.6 is 0 Å². The first kappa shape index (κ1) is 13.5. The van der Waals surface area contributed by atoms with Crippen molar-refractivity contribution in [2.75, 3.05) is 19.7 Å². The topological polar surface area (TPSA) is 66.6 Å². The number of aliphatic hydroxyl groups excluding tert-OH is 1. The van der Waals surface area contributed by atoms with E-state index in [-0.39, 0.29) is 12.5 Å². The number of carbonyl (C=O) groups excluding carboxylic acids is 1. The van der Waals surface area contributed by atoms with Gasteiger partial charge in [-0.05, 0) is 19.3 Å². The van der Waals surface area contributed by atoms with E-state index >= 15 is 0 Å². The van der Waals surface area contributed by atoms with E-state index in [2.05, 4.69) is 6.92 Å². The SMILES string of the molecule is CCCCCCN(CCO)C(=O)C1(N)CC1. The number of carbonyl (C=O) groups is 1. The molecule has 0 heterocycles. The van der Waals surface area contributed by atoms with Crippen molar-refractivity contribution in [1.82, 2.24) is 4.90 Å². The molecule has 0 atom stereocenters. The Morgan fingerprint density at radius 1 is 1.31 bits per heavy atom. The van der Waals surface area contributed by atoms with Gasteiger partial charge in [-0.1, -0.05) is 26.2 Å². The maximum absolute atomic E-state index is 12.0. The Bertz CT molecular complexity index is 227. The maximum Gasteiger partial charge on any atom is 0.242 e. The molecular formula is C12H24N2O2. The highest BCUT2D eigenvalue weighted by Gasteiger charge is 2.47. The minimum absolute atomic E-state index is 0.0234. The summed E-state index contributed by atoms with van der Waals surface area (Å²) in [5.41, 5.74) is 5.28. The number of hydrogen-bond donors (Lipinski definition) is 2. The molecule has 0 aliphatic heterocycles. The summed E-state index contributed by atoms with van der Waals surface area (Å²) in [7, 11) is 0. The molecule has 1 rings (SSSR count). The summed E-state index contributed by atoms with van der Waals surface area (Å²) in [5, 5.41) is 8.94. The molecule has 0 saturated heterocycles. The fourth-order valence-corrected chi connectivity index (χ4v) is 1.83. The molecule has 1 fully saturated rings. The molecule has 4 heteroatoms. The van der Waals surface area contributed by atoms with Crippen molar-refractivity contribution in [3.63, 3.8) is 0 Å². The van der Waals surface area contributed by atoms with E-state index in [1.54, 1.807) is 4.90 Å². The molecule has 16 heavy (non-hydrogen) atoms. The van der Waals surface area contributed by atoms with Gasteiger partial charge in [-0.2, -0.15) is 0 Å². The van der Waals surface area contributed by atoms with Gasteiger partial charge in [0.25, 0.3) is 0 Å². The van der Waals surface area contributed by atoms with Gasteiger partial charge in [-0.15, -0.1) is 0 Å². The van der Waals surface area contributed by atoms with Gasteiger partial charge in [0.05, 0.1) is 12.1 Å². The van der Waals surface area contributed by atoms with Crippen molar-refractivity contribution in [2.24, 2.45) is 5.73 Å². The van der Waals surface area contributed by atoms with Gasteiger partial charge in [-0.25, -0.2) is 0 Å². The summed E-state index contributed by atoms with van der Waals surface area (Å²) in [6, 6.07) is 0. The molecule has 0 unspecified atom stereocenters. The van der Waals surface area contributed by atoms with Crippen LogP contribution in [0.5, 0.6) is 0 Å². The van der Waals surface area contributed by atoms with E-state index in [1.165, 1.54) is 12.8 Å². The van der Waals surface area contributed by atoms with Crippen molar-refractivity contribution < 1.29 is 9.90 Å². The minimum Gasteiger partial charge on any atom is -0.395 e. The van der Waals surface area contributed by atoms with Gasteiger partial charge in [-0.3, -0.25) is 4.79 Å². The lowest BCUT2D eigenvalue weighted by Crippen LogP contribution is -2.47. The lowest BCUT2D eigenvalue weighted by atomic mass is 10.2. The zero-order valence-electron chi connectivity index (χ0n) is 10.2. The Labute approximate surface area is 97.8 Å². The molecule has 94 valence electrons. The molecule has 0 radical (unpaired) electrons. The van der Waals surface area contributed by atoms with E-state index in [9.17, 15) is 4.79 Å². The van der Waals surface area contributed by atoms with Gasteiger partial charge >= 0.3 is 0 Å². The third kappa shape index (κ3) is 3.76. The van der Waals surface area contributed by atoms with Crippen molar-refractivity contribution in [3.05, 3.63) is 0 Å². The van der Waals surface area contributed by atoms with E-state index in [0.717, 1.165) is 32.2 Å². The number of amides is 1. The van der Waals surface area contributed by atoms with E-state index in [4.69, 9.17) is 10.8 Å². The number of nitrogens with zero attached hydrogens (tertiary/aromatic N) is 1. The van der Waals surface area contributed by atoms with E-state index < -0.39 is 5.54 Å². The first-order valence-corrected chi connectivity index (χ1v) is 6.33. The van der Waals surface area contributed by atoms with Crippen LogP contribution in [0.4, 0.5) is 0 Å². The Morgan fingerprint density at radius 2 is 2.00 bits per heavy atom. The normalized spacial score (nSPS) is 17.2. The van der Waals surface area contributed by atoms with Crippen LogP contribution in [0.3, 0.4) is 0 Å². The molecule has 1 aliphatic rings. The van der Waals surface area contributed by atoms with Crippen LogP contribution in [0.15, 0.2) is 0 Å². The molecule has 1 aliphatic carbocycles. The summed E-state index contributed by atoms with van der Waals surface area (Å²) in [6.07, 6.45) is 6.13. The van der Waals surface area contributed by atoms with Crippen molar-refractivity contribution in [3.8, 4) is 0 Å². The number of unbranched alkanes of at least 4 members (excludes halogenated alkanes) is 3. The van der Waals surface area contributed by atoms with E-state index in [0.29, 0.717) is 6.54 Å². The fraction of sp³-hybridized carbons (Fsp3) is 0.917. The van der Waals surface area contributed by atoms with Crippen LogP contribution in [-0.4, -0.2) is 41.1 Å². The second-order valence-corrected chi connectivity index (χ2v) is 4.73. The monoisotopic (exact) mass is 228 g/mol. The van der Waals surface area contributed by atoms with Crippen LogP contribution in [-0.2, 0) is 4.79 Å². The molecule has 0 aromatic rings. The highest BCUT2D eigenvalue weighted by molar-refractivity contribution is 5.89. The van der Waals surface area contributed by atoms with Crippen LogP contribution in [0.2, 0.25) is 0 Å². The van der Waals surface area contributed by atoms with Crippen LogP contribution < -0.4 is 5.73 Å². The van der Waals surface area contributed by atoms with E-state index in [1.807, 2.05) is 0 Å². The van der Waals surface area contributed by atoms with Gasteiger partial charge in [0, 0.05) is 13.1 Å². The third-order valence-electron chi connectivity index (χ3n) is 3.15. The predicted molar refractivity (Wildman–Crippen MR) is 64.0 cm³/mol. The van der Waals surface area contributed by atoms with Crippen LogP contribution in [0.25, 0.3) is 0 Å². The summed E-state index contributed by atoms with van der Waals surface area (Å²) >= 11 is 0. The van der Waals surface area contributed by atoms with Crippen molar-refractivity contribution in [1.29, 1.82) is 0 Å². The minimum atomic E-state index is -0.597. The first-order valence-electron chi connectivity index (χ1n) is 6.33. The zero-order chi connectivity index (χ0) is 12.0. The molecule has 4 nitrogen and oxygen atoms in total. The van der Waals surface area contributed by atoms with Crippen molar-refractivity contribution >= 4 is 5.91 Å². The fourth-order valence-electron chi connectivity index (χ4n) is 1.83. The number of hydrogen-bond acceptors (Lipinski definition) is 3. The molecule has 0 aromatic carbocycles. The summed E-state index contributed by atoms with van der Waals surface area (Å²) < 4.78 is 0. The Balaban J connectivity index is 2.32. The lowest BCUT2D eigenvalue weighted by molar-refractivity contribution is -0.134. The third-order valence-corrected chi connectivity index (χ3v) is 3.15. The quantitative estimate of drug-likeness (QED) is 0.606. The number of rotatable bonds is 8. The highest BCUT2D eigenvalue weighted by atomic mass is 16.3. The Hall–Kier alpha value is -0.610. The van der Waals surface area contributed by atoms with Crippen LogP contribution in [0, 0.1) is 0 Å². The van der Waals surface area contributed by atoms with Crippen LogP contribution in [0.1, 0.15) is 45.4 Å². The summed E-state index contributed by atoms with van der Waals surface area (Å²) in [4.78, 5) is 13.7. The highest BCUT2D eigenvalue weighted by Crippen LogP contribution is 2.34. The van der Waals surface area contributed by atoms with Gasteiger partial charge in [0.15, 0.2) is 0 Å². The Kier molecular flexibility index (Phi) is 5.22. The molecule has 0 aromatic heterocycles. The lowest BCUT2D eigenvalue weighted by Gasteiger charge is -2.24. The summed E-state index contributed by atoms with van der Waals surface area (Å²) in [5.74, 6) is 0.0260. The molecule has 0 bridgehead atoms. The van der Waals surface area contributed by atoms with Gasteiger partial charge in [0.1, 0.15) is 0 Å². The molecule has 0 spiro atoms. The predicted octanol–water partition coefficient (Wildman–Crippen LogP) is 0.879. The number of nitrogens with two attached hydrogens (primary N) is 1. The zero-order valence-corrected chi connectivity index (χ0v) is 10.2. The average molecular weight is 228 g/mol. The average Bonchev–Trinajstić information content (AvgIpc) is 3.01. The standard InChI is InChI=1S/C12H24N2O2/c1-2-3-4-5-8-14(9-10-15)11(16)12(13)6-7-12/h15H,2-10,13H2,1H3. The largest absolute Gasteiger partial charge is 0.395 e. The first-order chi connectivity index (χ1) is 7.64. The van der Waals surface area contributed by atoms with Gasteiger partial charge < -0.3 is 15.7 Å². The molecule has 1 amide bonds. The second kappa shape index (κ2) is 6.21. The number of aliphatic hydroxyl groups is 1. The van der Waals surface area contributed by atoms with Gasteiger partial charge in [0.2, 0.25) is 5.91 Å². The summed E-state index contributed by atoms with van der Waals surface area (Å²) in [6.45, 7) is 3.34. The van der Waals surface area contributed by atoms with Crippen molar-refractivity contribution in [2.45, 2.75) is 51.0 Å². The Morgan fingerprint density at radius 3 is 2.50 bits per heavy atom. The molecule has 1 saturated carbocycles. The second-order valence-electron chi connectivity index (χ2n) is 4.73. The molecular weight excluding hydrogens is 204 g/mol. The molecule has 3 N–H and O–H groups in total. The smallest absolute Gasteiger partial charge is 0.242 e.